The van der Waals surface area contributed by atoms with Crippen molar-refractivity contribution in [2.24, 2.45) is 0 Å². The van der Waals surface area contributed by atoms with Gasteiger partial charge in [0, 0.05) is 27.9 Å². The molecule has 1 atom stereocenters. The van der Waals surface area contributed by atoms with Crippen molar-refractivity contribution < 1.29 is 18.3 Å². The highest BCUT2D eigenvalue weighted by Crippen LogP contribution is 2.38. The monoisotopic (exact) mass is 424 g/mol. The number of hydrogen-bond acceptors (Lipinski definition) is 4. The predicted molar refractivity (Wildman–Crippen MR) is 106 cm³/mol. The maximum atomic E-state index is 13.8. The van der Waals surface area contributed by atoms with E-state index in [-0.39, 0.29) is 27.2 Å². The molecule has 0 saturated carbocycles. The van der Waals surface area contributed by atoms with E-state index >= 15 is 0 Å². The number of hydrogen-bond donors (Lipinski definition) is 1. The van der Waals surface area contributed by atoms with Gasteiger partial charge < -0.3 is 15.2 Å². The van der Waals surface area contributed by atoms with Crippen LogP contribution in [0.3, 0.4) is 0 Å². The third kappa shape index (κ3) is 3.98. The minimum absolute atomic E-state index is 0.106. The summed E-state index contributed by atoms with van der Waals surface area (Å²) in [7, 11) is 1.48. The SMILES string of the molecule is COc1ccc(F)cc1-c1cnc(N)c(OC(C)c2c(Cl)ccc(F)c2Cl)c1. The molecule has 2 N–H and O–H groups in total. The number of nitrogens with two attached hydrogens (primary N) is 1. The van der Waals surface area contributed by atoms with Gasteiger partial charge in [-0.1, -0.05) is 23.2 Å². The fourth-order valence-electron chi connectivity index (χ4n) is 2.77. The summed E-state index contributed by atoms with van der Waals surface area (Å²) in [6, 6.07) is 8.29. The fraction of sp³-hybridized carbons (Fsp3) is 0.150. The van der Waals surface area contributed by atoms with E-state index in [1.54, 1.807) is 13.0 Å². The third-order valence-corrected chi connectivity index (χ3v) is 4.86. The molecule has 2 aromatic carbocycles. The van der Waals surface area contributed by atoms with Crippen molar-refractivity contribution in [1.82, 2.24) is 4.98 Å². The summed E-state index contributed by atoms with van der Waals surface area (Å²) in [5.74, 6) is -0.256. The molecule has 0 aliphatic carbocycles. The molecule has 0 bridgehead atoms. The second kappa shape index (κ2) is 8.20. The average Bonchev–Trinajstić information content (AvgIpc) is 2.67. The van der Waals surface area contributed by atoms with Gasteiger partial charge in [0.25, 0.3) is 0 Å². The molecule has 0 aliphatic heterocycles. The maximum Gasteiger partial charge on any atom is 0.166 e. The van der Waals surface area contributed by atoms with Crippen LogP contribution in [0.2, 0.25) is 10.0 Å². The van der Waals surface area contributed by atoms with Crippen molar-refractivity contribution in [2.45, 2.75) is 13.0 Å². The Labute approximate surface area is 170 Å². The Morgan fingerprint density at radius 1 is 1.07 bits per heavy atom. The Morgan fingerprint density at radius 2 is 1.82 bits per heavy atom. The molecule has 0 amide bonds. The number of aromatic nitrogens is 1. The zero-order chi connectivity index (χ0) is 20.4. The van der Waals surface area contributed by atoms with Crippen LogP contribution in [0.15, 0.2) is 42.6 Å². The Balaban J connectivity index is 2.00. The summed E-state index contributed by atoms with van der Waals surface area (Å²) in [6.07, 6.45) is 0.760. The summed E-state index contributed by atoms with van der Waals surface area (Å²) in [5, 5.41) is 0.128. The van der Waals surface area contributed by atoms with Crippen LogP contribution >= 0.6 is 23.2 Å². The number of anilines is 1. The predicted octanol–water partition coefficient (Wildman–Crippen LogP) is 6.06. The second-order valence-corrected chi connectivity index (χ2v) is 6.75. The van der Waals surface area contributed by atoms with Gasteiger partial charge in [0.2, 0.25) is 0 Å². The van der Waals surface area contributed by atoms with E-state index in [0.717, 1.165) is 0 Å². The molecule has 146 valence electrons. The Bertz CT molecular complexity index is 1030. The number of ether oxygens (including phenoxy) is 2. The number of nitrogens with zero attached hydrogens (tertiary/aromatic N) is 1. The van der Waals surface area contributed by atoms with E-state index < -0.39 is 17.7 Å². The molecule has 1 heterocycles. The highest BCUT2D eigenvalue weighted by atomic mass is 35.5. The quantitative estimate of drug-likeness (QED) is 0.505. The molecule has 0 radical (unpaired) electrons. The molecular weight excluding hydrogens is 409 g/mol. The van der Waals surface area contributed by atoms with Gasteiger partial charge in [-0.15, -0.1) is 0 Å². The highest BCUT2D eigenvalue weighted by Gasteiger charge is 2.20. The Hall–Kier alpha value is -2.57. The molecule has 0 fully saturated rings. The van der Waals surface area contributed by atoms with Crippen LogP contribution < -0.4 is 15.2 Å². The maximum absolute atomic E-state index is 13.8. The van der Waals surface area contributed by atoms with Crippen LogP contribution in [0.4, 0.5) is 14.6 Å². The van der Waals surface area contributed by atoms with Gasteiger partial charge in [-0.2, -0.15) is 0 Å². The Kier molecular flexibility index (Phi) is 5.91. The number of pyridine rings is 1. The van der Waals surface area contributed by atoms with E-state index in [1.807, 2.05) is 0 Å². The first-order valence-electron chi connectivity index (χ1n) is 8.21. The minimum atomic E-state index is -0.718. The van der Waals surface area contributed by atoms with E-state index in [4.69, 9.17) is 38.4 Å². The molecule has 3 rings (SSSR count). The molecule has 28 heavy (non-hydrogen) atoms. The number of rotatable bonds is 5. The van der Waals surface area contributed by atoms with Crippen molar-refractivity contribution in [3.05, 3.63) is 69.8 Å². The van der Waals surface area contributed by atoms with Gasteiger partial charge in [0.15, 0.2) is 11.6 Å². The molecule has 3 aromatic rings. The lowest BCUT2D eigenvalue weighted by atomic mass is 10.1. The van der Waals surface area contributed by atoms with E-state index in [9.17, 15) is 8.78 Å². The van der Waals surface area contributed by atoms with E-state index in [0.29, 0.717) is 16.9 Å². The summed E-state index contributed by atoms with van der Waals surface area (Å²) in [6.45, 7) is 1.65. The van der Waals surface area contributed by atoms with Crippen molar-refractivity contribution in [1.29, 1.82) is 0 Å². The largest absolute Gasteiger partial charge is 0.496 e. The first kappa shape index (κ1) is 20.2. The molecule has 1 unspecified atom stereocenters. The lowest BCUT2D eigenvalue weighted by Crippen LogP contribution is -2.08. The molecule has 1 aromatic heterocycles. The first-order chi connectivity index (χ1) is 13.3. The van der Waals surface area contributed by atoms with Crippen LogP contribution in [0.25, 0.3) is 11.1 Å². The molecule has 0 saturated heterocycles. The fourth-order valence-corrected chi connectivity index (χ4v) is 3.45. The standard InChI is InChI=1S/C20H16Cl2F2N2O2/c1-10(18-14(21)4-5-15(24)19(18)22)28-17-7-11(9-26-20(17)25)13-8-12(23)3-6-16(13)27-2/h3-10H,1-2H3,(H2,25,26). The van der Waals surface area contributed by atoms with Crippen molar-refractivity contribution >= 4 is 29.0 Å². The number of halogens is 4. The van der Waals surface area contributed by atoms with Gasteiger partial charge in [0.05, 0.1) is 12.1 Å². The van der Waals surface area contributed by atoms with E-state index in [2.05, 4.69) is 4.98 Å². The van der Waals surface area contributed by atoms with Crippen LogP contribution in [0.1, 0.15) is 18.6 Å². The van der Waals surface area contributed by atoms with E-state index in [1.165, 1.54) is 43.6 Å². The van der Waals surface area contributed by atoms with Gasteiger partial charge in [-0.05, 0) is 43.3 Å². The first-order valence-corrected chi connectivity index (χ1v) is 8.97. The normalized spacial score (nSPS) is 11.9. The zero-order valence-electron chi connectivity index (χ0n) is 15.0. The van der Waals surface area contributed by atoms with Crippen molar-refractivity contribution in [3.8, 4) is 22.6 Å². The molecule has 0 aliphatic rings. The summed E-state index contributed by atoms with van der Waals surface area (Å²) >= 11 is 12.2. The van der Waals surface area contributed by atoms with Crippen LogP contribution in [0, 0.1) is 11.6 Å². The highest BCUT2D eigenvalue weighted by molar-refractivity contribution is 6.36. The summed E-state index contributed by atoms with van der Waals surface area (Å²) < 4.78 is 38.7. The number of benzene rings is 2. The lowest BCUT2D eigenvalue weighted by molar-refractivity contribution is 0.227. The lowest BCUT2D eigenvalue weighted by Gasteiger charge is -2.19. The van der Waals surface area contributed by atoms with Gasteiger partial charge in [-0.25, -0.2) is 13.8 Å². The van der Waals surface area contributed by atoms with Crippen molar-refractivity contribution in [2.75, 3.05) is 12.8 Å². The van der Waals surface area contributed by atoms with Crippen LogP contribution in [-0.4, -0.2) is 12.1 Å². The average molecular weight is 425 g/mol. The zero-order valence-corrected chi connectivity index (χ0v) is 16.5. The third-order valence-electron chi connectivity index (χ3n) is 4.14. The number of nitrogen functional groups attached to an aromatic ring is 1. The Morgan fingerprint density at radius 3 is 2.54 bits per heavy atom. The summed E-state index contributed by atoms with van der Waals surface area (Å²) in [5.41, 5.74) is 7.22. The van der Waals surface area contributed by atoms with Gasteiger partial charge in [0.1, 0.15) is 23.5 Å². The van der Waals surface area contributed by atoms with Gasteiger partial charge >= 0.3 is 0 Å². The number of methoxy groups -OCH3 is 1. The minimum Gasteiger partial charge on any atom is -0.496 e. The molecule has 4 nitrogen and oxygen atoms in total. The van der Waals surface area contributed by atoms with Crippen LogP contribution in [0.5, 0.6) is 11.5 Å². The van der Waals surface area contributed by atoms with Gasteiger partial charge in [-0.3, -0.25) is 0 Å². The molecular formula is C20H16Cl2F2N2O2. The summed E-state index contributed by atoms with van der Waals surface area (Å²) in [4.78, 5) is 4.10. The molecule has 0 spiro atoms. The molecule has 8 heteroatoms. The van der Waals surface area contributed by atoms with Crippen LogP contribution in [-0.2, 0) is 0 Å². The second-order valence-electron chi connectivity index (χ2n) is 5.97. The smallest absolute Gasteiger partial charge is 0.166 e. The topological polar surface area (TPSA) is 57.4 Å². The van der Waals surface area contributed by atoms with Crippen molar-refractivity contribution in [3.63, 3.8) is 0 Å².